The summed E-state index contributed by atoms with van der Waals surface area (Å²) >= 11 is 12.3. The summed E-state index contributed by atoms with van der Waals surface area (Å²) < 4.78 is 38.0. The van der Waals surface area contributed by atoms with Gasteiger partial charge in [0.25, 0.3) is 0 Å². The molecule has 1 aromatic heterocycles. The van der Waals surface area contributed by atoms with Crippen LogP contribution in [0.3, 0.4) is 0 Å². The zero-order valence-electron chi connectivity index (χ0n) is 12.9. The average Bonchev–Trinajstić information content (AvgIpc) is 2.62. The molecule has 3 rings (SSSR count). The summed E-state index contributed by atoms with van der Waals surface area (Å²) in [5.74, 6) is -0.638. The lowest BCUT2D eigenvalue weighted by Gasteiger charge is -2.10. The van der Waals surface area contributed by atoms with Crippen LogP contribution in [0.5, 0.6) is 0 Å². The van der Waals surface area contributed by atoms with Crippen molar-refractivity contribution >= 4 is 29.0 Å². The van der Waals surface area contributed by atoms with E-state index >= 15 is 0 Å². The first-order valence-electron chi connectivity index (χ1n) is 7.28. The van der Waals surface area contributed by atoms with E-state index in [0.717, 1.165) is 24.3 Å². The summed E-state index contributed by atoms with van der Waals surface area (Å²) in [6.45, 7) is 0. The van der Waals surface area contributed by atoms with Gasteiger partial charge in [-0.3, -0.25) is 4.79 Å². The fourth-order valence-corrected chi connectivity index (χ4v) is 2.91. The second-order valence-corrected chi connectivity index (χ2v) is 6.03. The number of aromatic nitrogens is 2. The first-order valence-corrected chi connectivity index (χ1v) is 8.03. The number of hydrogen-bond donors (Lipinski definition) is 0. The molecular formula is C18H9Cl2F3N2O. The molecule has 0 fully saturated rings. The molecule has 0 aliphatic carbocycles. The Kier molecular flexibility index (Phi) is 4.98. The summed E-state index contributed by atoms with van der Waals surface area (Å²) in [5.41, 5.74) is -0.0742. The Balaban J connectivity index is 2.05. The fraction of sp³-hybridized carbons (Fsp3) is 0.0556. The van der Waals surface area contributed by atoms with Gasteiger partial charge >= 0.3 is 6.18 Å². The molecule has 0 bridgehead atoms. The number of nitrogens with zero attached hydrogens (tertiary/aromatic N) is 2. The van der Waals surface area contributed by atoms with Crippen molar-refractivity contribution in [2.45, 2.75) is 6.18 Å². The van der Waals surface area contributed by atoms with Crippen LogP contribution < -0.4 is 0 Å². The third-order valence-electron chi connectivity index (χ3n) is 3.62. The normalized spacial score (nSPS) is 11.4. The summed E-state index contributed by atoms with van der Waals surface area (Å²) in [4.78, 5) is 12.7. The Hall–Kier alpha value is -2.44. The topological polar surface area (TPSA) is 42.9 Å². The molecule has 26 heavy (non-hydrogen) atoms. The number of rotatable bonds is 3. The molecule has 0 saturated heterocycles. The number of carbonyl (C=O) groups is 1. The van der Waals surface area contributed by atoms with Crippen LogP contribution >= 0.6 is 23.2 Å². The molecule has 1 heterocycles. The van der Waals surface area contributed by atoms with E-state index in [1.54, 1.807) is 30.3 Å². The van der Waals surface area contributed by atoms with E-state index in [1.165, 1.54) is 0 Å². The van der Waals surface area contributed by atoms with Crippen molar-refractivity contribution in [3.63, 3.8) is 0 Å². The second kappa shape index (κ2) is 7.05. The molecule has 0 amide bonds. The maximum Gasteiger partial charge on any atom is 0.416 e. The highest BCUT2D eigenvalue weighted by atomic mass is 35.5. The molecule has 0 spiro atoms. The molecule has 2 aromatic carbocycles. The largest absolute Gasteiger partial charge is 0.416 e. The molecule has 0 saturated carbocycles. The molecular weight excluding hydrogens is 388 g/mol. The van der Waals surface area contributed by atoms with Crippen molar-refractivity contribution < 1.29 is 18.0 Å². The van der Waals surface area contributed by atoms with Gasteiger partial charge in [0.1, 0.15) is 5.69 Å². The van der Waals surface area contributed by atoms with Crippen LogP contribution in [0, 0.1) is 0 Å². The zero-order valence-corrected chi connectivity index (χ0v) is 14.4. The summed E-state index contributed by atoms with van der Waals surface area (Å²) in [6.07, 6.45) is -4.49. The van der Waals surface area contributed by atoms with Crippen molar-refractivity contribution in [1.82, 2.24) is 10.2 Å². The Morgan fingerprint density at radius 3 is 2.08 bits per heavy atom. The van der Waals surface area contributed by atoms with Crippen LogP contribution in [0.4, 0.5) is 13.2 Å². The molecule has 0 unspecified atom stereocenters. The van der Waals surface area contributed by atoms with Crippen molar-refractivity contribution in [3.8, 4) is 11.3 Å². The first kappa shape index (κ1) is 18.4. The van der Waals surface area contributed by atoms with Gasteiger partial charge in [-0.15, -0.1) is 10.2 Å². The quantitative estimate of drug-likeness (QED) is 0.533. The molecule has 0 atom stereocenters. The molecule has 3 nitrogen and oxygen atoms in total. The number of alkyl halides is 3. The fourth-order valence-electron chi connectivity index (χ4n) is 2.33. The highest BCUT2D eigenvalue weighted by Crippen LogP contribution is 2.34. The molecule has 0 radical (unpaired) electrons. The van der Waals surface area contributed by atoms with Gasteiger partial charge < -0.3 is 0 Å². The Labute approximate surface area is 156 Å². The van der Waals surface area contributed by atoms with Crippen LogP contribution in [0.15, 0.2) is 54.6 Å². The lowest BCUT2D eigenvalue weighted by molar-refractivity contribution is -0.137. The molecule has 0 N–H and O–H groups in total. The zero-order chi connectivity index (χ0) is 18.9. The summed E-state index contributed by atoms with van der Waals surface area (Å²) in [5, 5.41) is 7.43. The van der Waals surface area contributed by atoms with E-state index in [0.29, 0.717) is 5.56 Å². The Bertz CT molecular complexity index is 959. The lowest BCUT2D eigenvalue weighted by Crippen LogP contribution is -2.09. The van der Waals surface area contributed by atoms with Crippen molar-refractivity contribution in [1.29, 1.82) is 0 Å². The molecule has 3 aromatic rings. The predicted octanol–water partition coefficient (Wildman–Crippen LogP) is 5.70. The van der Waals surface area contributed by atoms with E-state index in [2.05, 4.69) is 10.2 Å². The molecule has 132 valence electrons. The van der Waals surface area contributed by atoms with Gasteiger partial charge in [-0.25, -0.2) is 0 Å². The average molecular weight is 397 g/mol. The van der Waals surface area contributed by atoms with Gasteiger partial charge in [-0.2, -0.15) is 13.2 Å². The maximum absolute atomic E-state index is 12.7. The number of ketones is 1. The minimum atomic E-state index is -4.49. The van der Waals surface area contributed by atoms with Crippen LogP contribution in [0.2, 0.25) is 10.2 Å². The van der Waals surface area contributed by atoms with Crippen molar-refractivity contribution in [3.05, 3.63) is 81.5 Å². The highest BCUT2D eigenvalue weighted by molar-refractivity contribution is 6.41. The monoisotopic (exact) mass is 396 g/mol. The van der Waals surface area contributed by atoms with Gasteiger partial charge in [0.05, 0.1) is 16.1 Å². The van der Waals surface area contributed by atoms with Crippen LogP contribution in [-0.2, 0) is 6.18 Å². The number of benzene rings is 2. The van der Waals surface area contributed by atoms with Gasteiger partial charge in [0, 0.05) is 11.1 Å². The van der Waals surface area contributed by atoms with Gasteiger partial charge in [-0.05, 0) is 12.1 Å². The van der Waals surface area contributed by atoms with Gasteiger partial charge in [0.2, 0.25) is 0 Å². The van der Waals surface area contributed by atoms with Crippen molar-refractivity contribution in [2.75, 3.05) is 0 Å². The number of hydrogen-bond acceptors (Lipinski definition) is 3. The van der Waals surface area contributed by atoms with Gasteiger partial charge in [0.15, 0.2) is 10.9 Å². The summed E-state index contributed by atoms with van der Waals surface area (Å²) in [7, 11) is 0. The number of carbonyl (C=O) groups excluding carboxylic acids is 1. The predicted molar refractivity (Wildman–Crippen MR) is 92.4 cm³/mol. The third-order valence-corrected chi connectivity index (χ3v) is 4.25. The van der Waals surface area contributed by atoms with E-state index in [-0.39, 0.29) is 27.0 Å². The SMILES string of the molecule is O=C(c1ccc(C(F)(F)F)cc1)c1c(Cl)nnc(-c2ccccc2)c1Cl. The van der Waals surface area contributed by atoms with E-state index in [9.17, 15) is 18.0 Å². The minimum absolute atomic E-state index is 0.00816. The third kappa shape index (κ3) is 3.57. The lowest BCUT2D eigenvalue weighted by atomic mass is 10.0. The summed E-state index contributed by atoms with van der Waals surface area (Å²) in [6, 6.07) is 12.6. The maximum atomic E-state index is 12.7. The standard InChI is InChI=1S/C18H9Cl2F3N2O/c19-14-13(16(26)11-6-8-12(9-7-11)18(21,22)23)17(20)25-24-15(14)10-4-2-1-3-5-10/h1-9H. The van der Waals surface area contributed by atoms with Crippen LogP contribution in [0.25, 0.3) is 11.3 Å². The van der Waals surface area contributed by atoms with Crippen LogP contribution in [0.1, 0.15) is 21.5 Å². The van der Waals surface area contributed by atoms with E-state index in [1.807, 2.05) is 0 Å². The van der Waals surface area contributed by atoms with Crippen molar-refractivity contribution in [2.24, 2.45) is 0 Å². The van der Waals surface area contributed by atoms with Gasteiger partial charge in [-0.1, -0.05) is 65.7 Å². The smallest absolute Gasteiger partial charge is 0.288 e. The Morgan fingerprint density at radius 1 is 0.885 bits per heavy atom. The van der Waals surface area contributed by atoms with E-state index in [4.69, 9.17) is 23.2 Å². The number of halogens is 5. The molecule has 8 heteroatoms. The first-order chi connectivity index (χ1) is 12.3. The molecule has 0 aliphatic rings. The highest BCUT2D eigenvalue weighted by Gasteiger charge is 2.30. The van der Waals surface area contributed by atoms with Crippen LogP contribution in [-0.4, -0.2) is 16.0 Å². The minimum Gasteiger partial charge on any atom is -0.288 e. The molecule has 0 aliphatic heterocycles. The second-order valence-electron chi connectivity index (χ2n) is 5.30. The Morgan fingerprint density at radius 2 is 1.50 bits per heavy atom. The van der Waals surface area contributed by atoms with E-state index < -0.39 is 17.5 Å².